The topological polar surface area (TPSA) is 44.1 Å². The van der Waals surface area contributed by atoms with E-state index in [0.717, 1.165) is 12.8 Å². The van der Waals surface area contributed by atoms with Crippen molar-refractivity contribution in [2.45, 2.75) is 46.1 Å². The molecule has 0 bridgehead atoms. The Hall–Kier alpha value is -1.37. The predicted molar refractivity (Wildman–Crippen MR) is 68.2 cm³/mol. The molecule has 3 nitrogen and oxygen atoms in total. The minimum Gasteiger partial charge on any atom is -0.333 e. The van der Waals surface area contributed by atoms with Crippen LogP contribution in [0.2, 0.25) is 0 Å². The van der Waals surface area contributed by atoms with Gasteiger partial charge in [0.15, 0.2) is 5.83 Å². The Balaban J connectivity index is 2.82. The van der Waals surface area contributed by atoms with Crippen LogP contribution in [0.4, 0.5) is 4.39 Å². The average molecular weight is 252 g/mol. The fraction of sp³-hybridized carbons (Fsp3) is 0.714. The van der Waals surface area contributed by atoms with Gasteiger partial charge >= 0.3 is 0 Å². The lowest BCUT2D eigenvalue weighted by Crippen LogP contribution is -2.48. The van der Waals surface area contributed by atoms with Gasteiger partial charge in [-0.25, -0.2) is 4.39 Å². The van der Waals surface area contributed by atoms with Crippen LogP contribution in [0, 0.1) is 22.7 Å². The molecule has 1 rings (SSSR count). The summed E-state index contributed by atoms with van der Waals surface area (Å²) >= 11 is 0. The first-order valence-electron chi connectivity index (χ1n) is 6.29. The molecule has 1 aliphatic heterocycles. The summed E-state index contributed by atoms with van der Waals surface area (Å²) in [6.07, 6.45) is 1.87. The number of nitrogens with zero attached hydrogens (tertiary/aromatic N) is 2. The molecule has 2 atom stereocenters. The molecule has 0 aromatic rings. The fourth-order valence-electron chi connectivity index (χ4n) is 2.56. The number of piperidine rings is 1. The first kappa shape index (κ1) is 14.7. The molecule has 18 heavy (non-hydrogen) atoms. The molecule has 4 heteroatoms. The first-order chi connectivity index (χ1) is 8.27. The normalized spacial score (nSPS) is 24.5. The molecule has 1 saturated heterocycles. The van der Waals surface area contributed by atoms with E-state index in [1.807, 2.05) is 0 Å². The molecule has 0 N–H and O–H groups in total. The number of halogens is 1. The highest BCUT2D eigenvalue weighted by molar-refractivity contribution is 5.90. The van der Waals surface area contributed by atoms with Crippen LogP contribution in [0.1, 0.15) is 40.0 Å². The minimum atomic E-state index is -0.938. The van der Waals surface area contributed by atoms with E-state index in [9.17, 15) is 9.18 Å². The van der Waals surface area contributed by atoms with Crippen molar-refractivity contribution in [3.8, 4) is 6.07 Å². The van der Waals surface area contributed by atoms with Crippen molar-refractivity contribution in [3.05, 3.63) is 12.4 Å². The van der Waals surface area contributed by atoms with Gasteiger partial charge in [-0.3, -0.25) is 4.79 Å². The van der Waals surface area contributed by atoms with Gasteiger partial charge in [0.1, 0.15) is 0 Å². The fourth-order valence-corrected chi connectivity index (χ4v) is 2.56. The van der Waals surface area contributed by atoms with Crippen LogP contribution < -0.4 is 0 Å². The second kappa shape index (κ2) is 5.51. The third-order valence-corrected chi connectivity index (χ3v) is 3.76. The maximum atomic E-state index is 13.0. The van der Waals surface area contributed by atoms with Gasteiger partial charge in [0.25, 0.3) is 5.91 Å². The van der Waals surface area contributed by atoms with Gasteiger partial charge in [0.05, 0.1) is 12.5 Å². The minimum absolute atomic E-state index is 0.148. The van der Waals surface area contributed by atoms with Crippen molar-refractivity contribution in [1.29, 1.82) is 5.26 Å². The third kappa shape index (κ3) is 3.32. The predicted octanol–water partition coefficient (Wildman–Crippen LogP) is 3.04. The SMILES string of the molecule is C=C(F)C(=O)N1CC[C@H](C(C)(C)C)C[C@H]1CC#N. The number of rotatable bonds is 2. The Morgan fingerprint density at radius 1 is 1.56 bits per heavy atom. The maximum Gasteiger partial charge on any atom is 0.282 e. The summed E-state index contributed by atoms with van der Waals surface area (Å²) in [5.41, 5.74) is 0.148. The summed E-state index contributed by atoms with van der Waals surface area (Å²) in [6, 6.07) is 1.90. The number of carbonyl (C=O) groups excluding carboxylic acids is 1. The van der Waals surface area contributed by atoms with E-state index < -0.39 is 11.7 Å². The van der Waals surface area contributed by atoms with E-state index in [1.165, 1.54) is 4.90 Å². The number of carbonyl (C=O) groups is 1. The summed E-state index contributed by atoms with van der Waals surface area (Å²) in [5.74, 6) is -1.15. The van der Waals surface area contributed by atoms with Gasteiger partial charge in [-0.05, 0) is 24.2 Å². The summed E-state index contributed by atoms with van der Waals surface area (Å²) in [6.45, 7) is 10.0. The summed E-state index contributed by atoms with van der Waals surface area (Å²) in [4.78, 5) is 13.1. The van der Waals surface area contributed by atoms with Crippen molar-refractivity contribution in [1.82, 2.24) is 4.90 Å². The van der Waals surface area contributed by atoms with Crippen molar-refractivity contribution in [2.24, 2.45) is 11.3 Å². The summed E-state index contributed by atoms with van der Waals surface area (Å²) in [5, 5.41) is 8.84. The maximum absolute atomic E-state index is 13.0. The van der Waals surface area contributed by atoms with E-state index in [2.05, 4.69) is 33.4 Å². The zero-order chi connectivity index (χ0) is 13.9. The number of hydrogen-bond donors (Lipinski definition) is 0. The Morgan fingerprint density at radius 3 is 2.61 bits per heavy atom. The number of likely N-dealkylation sites (tertiary alicyclic amines) is 1. The number of hydrogen-bond acceptors (Lipinski definition) is 2. The number of nitriles is 1. The van der Waals surface area contributed by atoms with Crippen LogP contribution in [-0.4, -0.2) is 23.4 Å². The molecule has 0 aliphatic carbocycles. The molecule has 100 valence electrons. The Morgan fingerprint density at radius 2 is 2.17 bits per heavy atom. The highest BCUT2D eigenvalue weighted by Crippen LogP contribution is 2.37. The van der Waals surface area contributed by atoms with Crippen molar-refractivity contribution >= 4 is 5.91 Å². The largest absolute Gasteiger partial charge is 0.333 e. The molecule has 0 aromatic heterocycles. The van der Waals surface area contributed by atoms with Crippen LogP contribution in [0.5, 0.6) is 0 Å². The first-order valence-corrected chi connectivity index (χ1v) is 6.29. The molecule has 0 aromatic carbocycles. The molecule has 0 radical (unpaired) electrons. The molecule has 0 saturated carbocycles. The van der Waals surface area contributed by atoms with Gasteiger partial charge in [-0.2, -0.15) is 5.26 Å². The molecular weight excluding hydrogens is 231 g/mol. The second-order valence-electron chi connectivity index (χ2n) is 6.01. The van der Waals surface area contributed by atoms with Gasteiger partial charge in [-0.15, -0.1) is 0 Å². The van der Waals surface area contributed by atoms with E-state index in [-0.39, 0.29) is 17.9 Å². The molecule has 1 fully saturated rings. The number of amides is 1. The van der Waals surface area contributed by atoms with E-state index >= 15 is 0 Å². The van der Waals surface area contributed by atoms with Gasteiger partial charge in [0, 0.05) is 12.6 Å². The van der Waals surface area contributed by atoms with Crippen LogP contribution in [0.3, 0.4) is 0 Å². The van der Waals surface area contributed by atoms with Crippen molar-refractivity contribution < 1.29 is 9.18 Å². The highest BCUT2D eigenvalue weighted by Gasteiger charge is 2.36. The van der Waals surface area contributed by atoms with Crippen LogP contribution in [-0.2, 0) is 4.79 Å². The van der Waals surface area contributed by atoms with E-state index in [1.54, 1.807) is 0 Å². The van der Waals surface area contributed by atoms with Gasteiger partial charge in [0.2, 0.25) is 0 Å². The molecule has 0 unspecified atom stereocenters. The van der Waals surface area contributed by atoms with Crippen molar-refractivity contribution in [2.75, 3.05) is 6.54 Å². The molecule has 1 aliphatic rings. The lowest BCUT2D eigenvalue weighted by Gasteiger charge is -2.43. The van der Waals surface area contributed by atoms with Crippen molar-refractivity contribution in [3.63, 3.8) is 0 Å². The Kier molecular flexibility index (Phi) is 4.50. The Labute approximate surface area is 108 Å². The quantitative estimate of drug-likeness (QED) is 0.709. The third-order valence-electron chi connectivity index (χ3n) is 3.76. The summed E-state index contributed by atoms with van der Waals surface area (Å²) < 4.78 is 13.0. The monoisotopic (exact) mass is 252 g/mol. The lowest BCUT2D eigenvalue weighted by atomic mass is 9.73. The van der Waals surface area contributed by atoms with Gasteiger partial charge in [-0.1, -0.05) is 27.4 Å². The molecule has 1 amide bonds. The Bertz CT molecular complexity index is 378. The van der Waals surface area contributed by atoms with Crippen LogP contribution in [0.25, 0.3) is 0 Å². The average Bonchev–Trinajstić information content (AvgIpc) is 2.27. The molecular formula is C14H21FN2O. The van der Waals surface area contributed by atoms with Gasteiger partial charge < -0.3 is 4.90 Å². The zero-order valence-electron chi connectivity index (χ0n) is 11.4. The van der Waals surface area contributed by atoms with Crippen LogP contribution >= 0.6 is 0 Å². The molecule has 0 spiro atoms. The van der Waals surface area contributed by atoms with E-state index in [0.29, 0.717) is 12.5 Å². The standard InChI is InChI=1S/C14H21FN2O/c1-10(15)13(18)17-8-6-11(14(2,3)4)9-12(17)5-7-16/h11-12H,1,5-6,8-9H2,2-4H3/t11-,12+/m0/s1. The summed E-state index contributed by atoms with van der Waals surface area (Å²) in [7, 11) is 0. The van der Waals surface area contributed by atoms with Crippen LogP contribution in [0.15, 0.2) is 12.4 Å². The lowest BCUT2D eigenvalue weighted by molar-refractivity contribution is -0.133. The molecule has 1 heterocycles. The second-order valence-corrected chi connectivity index (χ2v) is 6.01. The van der Waals surface area contributed by atoms with E-state index in [4.69, 9.17) is 5.26 Å². The highest BCUT2D eigenvalue weighted by atomic mass is 19.1. The smallest absolute Gasteiger partial charge is 0.282 e. The zero-order valence-corrected chi connectivity index (χ0v) is 11.4.